The van der Waals surface area contributed by atoms with Gasteiger partial charge in [0.15, 0.2) is 0 Å². The van der Waals surface area contributed by atoms with Crippen molar-refractivity contribution in [3.63, 3.8) is 0 Å². The molecule has 1 aliphatic heterocycles. The van der Waals surface area contributed by atoms with Gasteiger partial charge in [0.2, 0.25) is 5.91 Å². The summed E-state index contributed by atoms with van der Waals surface area (Å²) in [5, 5.41) is 0.0511. The van der Waals surface area contributed by atoms with Crippen LogP contribution in [0.1, 0.15) is 56.0 Å². The van der Waals surface area contributed by atoms with E-state index < -0.39 is 0 Å². The second kappa shape index (κ2) is 10.6. The highest BCUT2D eigenvalue weighted by Crippen LogP contribution is 2.43. The topological polar surface area (TPSA) is 29.5 Å². The highest BCUT2D eigenvalue weighted by Gasteiger charge is 2.35. The first-order chi connectivity index (χ1) is 13.7. The van der Waals surface area contributed by atoms with Gasteiger partial charge in [0.25, 0.3) is 0 Å². The largest absolute Gasteiger partial charge is 0.489 e. The highest BCUT2D eigenvalue weighted by atomic mass is 32.2. The normalized spacial score (nSPS) is 17.5. The molecule has 1 fully saturated rings. The van der Waals surface area contributed by atoms with E-state index in [0.29, 0.717) is 12.5 Å². The van der Waals surface area contributed by atoms with E-state index in [4.69, 9.17) is 4.74 Å². The van der Waals surface area contributed by atoms with Crippen LogP contribution in [0.2, 0.25) is 0 Å². The molecule has 0 unspecified atom stereocenters. The summed E-state index contributed by atoms with van der Waals surface area (Å²) < 4.78 is 6.16. The molecule has 4 heteroatoms. The Bertz CT molecular complexity index is 749. The van der Waals surface area contributed by atoms with Gasteiger partial charge in [-0.1, -0.05) is 75.2 Å². The third-order valence-corrected chi connectivity index (χ3v) is 6.59. The number of ether oxygens (including phenoxy) is 1. The monoisotopic (exact) mass is 397 g/mol. The summed E-state index contributed by atoms with van der Waals surface area (Å²) in [4.78, 5) is 15.3. The van der Waals surface area contributed by atoms with Crippen molar-refractivity contribution in [2.75, 3.05) is 12.3 Å². The van der Waals surface area contributed by atoms with Crippen LogP contribution in [0, 0.1) is 5.92 Å². The van der Waals surface area contributed by atoms with Crippen LogP contribution in [-0.2, 0) is 11.4 Å². The van der Waals surface area contributed by atoms with Crippen molar-refractivity contribution in [3.05, 3.63) is 65.7 Å². The number of hydrogen-bond donors (Lipinski definition) is 0. The quantitative estimate of drug-likeness (QED) is 0.515. The van der Waals surface area contributed by atoms with Gasteiger partial charge in [-0.05, 0) is 24.5 Å². The Morgan fingerprint density at radius 1 is 1.14 bits per heavy atom. The van der Waals surface area contributed by atoms with E-state index in [1.807, 2.05) is 48.2 Å². The van der Waals surface area contributed by atoms with Gasteiger partial charge < -0.3 is 9.64 Å². The molecule has 1 amide bonds. The summed E-state index contributed by atoms with van der Waals surface area (Å²) in [6, 6.07) is 18.4. The van der Waals surface area contributed by atoms with Gasteiger partial charge in [0.05, 0.1) is 0 Å². The number of amides is 1. The van der Waals surface area contributed by atoms with Gasteiger partial charge in [-0.25, -0.2) is 0 Å². The van der Waals surface area contributed by atoms with Crippen LogP contribution < -0.4 is 4.74 Å². The molecule has 2 aromatic carbocycles. The molecular formula is C24H31NO2S. The van der Waals surface area contributed by atoms with Gasteiger partial charge in [-0.3, -0.25) is 4.79 Å². The number of carbonyl (C=O) groups is 1. The SMILES string of the molecule is CCCC[C@@H](CC)C(=O)N1CCS[C@@H]1c1ccccc1OCc1ccccc1. The third-order valence-electron chi connectivity index (χ3n) is 5.34. The molecule has 2 atom stereocenters. The zero-order chi connectivity index (χ0) is 19.8. The highest BCUT2D eigenvalue weighted by molar-refractivity contribution is 7.99. The van der Waals surface area contributed by atoms with Gasteiger partial charge in [0, 0.05) is 23.8 Å². The van der Waals surface area contributed by atoms with E-state index >= 15 is 0 Å². The number of benzene rings is 2. The Kier molecular flexibility index (Phi) is 7.84. The van der Waals surface area contributed by atoms with E-state index in [-0.39, 0.29) is 11.3 Å². The van der Waals surface area contributed by atoms with Gasteiger partial charge in [-0.15, -0.1) is 11.8 Å². The Hall–Kier alpha value is -1.94. The standard InChI is InChI=1S/C24H31NO2S/c1-3-5-13-20(4-2)23(26)25-16-17-28-24(25)21-14-9-10-15-22(21)27-18-19-11-7-6-8-12-19/h6-12,14-15,20,24H,3-5,13,16-18H2,1-2H3/t20-,24-/m1/s1. The van der Waals surface area contributed by atoms with Crippen LogP contribution in [0.15, 0.2) is 54.6 Å². The first-order valence-corrected chi connectivity index (χ1v) is 11.5. The Morgan fingerprint density at radius 3 is 2.64 bits per heavy atom. The van der Waals surface area contributed by atoms with Crippen molar-refractivity contribution >= 4 is 17.7 Å². The zero-order valence-corrected chi connectivity index (χ0v) is 17.8. The average molecular weight is 398 g/mol. The van der Waals surface area contributed by atoms with Crippen LogP contribution in [-0.4, -0.2) is 23.1 Å². The van der Waals surface area contributed by atoms with E-state index in [1.54, 1.807) is 0 Å². The van der Waals surface area contributed by atoms with Gasteiger partial charge in [-0.2, -0.15) is 0 Å². The molecule has 3 rings (SSSR count). The molecular weight excluding hydrogens is 366 g/mol. The number of thioether (sulfide) groups is 1. The number of para-hydroxylation sites is 1. The summed E-state index contributed by atoms with van der Waals surface area (Å²) in [5.41, 5.74) is 2.26. The van der Waals surface area contributed by atoms with Crippen molar-refractivity contribution in [2.45, 2.75) is 51.5 Å². The fraction of sp³-hybridized carbons (Fsp3) is 0.458. The van der Waals surface area contributed by atoms with Crippen LogP contribution in [0.25, 0.3) is 0 Å². The predicted octanol–water partition coefficient (Wildman–Crippen LogP) is 6.06. The smallest absolute Gasteiger partial charge is 0.226 e. The Labute approximate surface area is 173 Å². The zero-order valence-electron chi connectivity index (χ0n) is 17.0. The molecule has 1 saturated heterocycles. The minimum atomic E-state index is 0.0511. The van der Waals surface area contributed by atoms with Crippen molar-refractivity contribution < 1.29 is 9.53 Å². The molecule has 2 aromatic rings. The number of nitrogens with zero attached hydrogens (tertiary/aromatic N) is 1. The van der Waals surface area contributed by atoms with Crippen molar-refractivity contribution in [3.8, 4) is 5.75 Å². The lowest BCUT2D eigenvalue weighted by Crippen LogP contribution is -2.35. The molecule has 1 heterocycles. The summed E-state index contributed by atoms with van der Waals surface area (Å²) in [6.45, 7) is 5.68. The molecule has 0 aromatic heterocycles. The first kappa shape index (κ1) is 20.8. The fourth-order valence-electron chi connectivity index (χ4n) is 3.69. The minimum Gasteiger partial charge on any atom is -0.489 e. The second-order valence-corrected chi connectivity index (χ2v) is 8.50. The molecule has 0 bridgehead atoms. The molecule has 0 aliphatic carbocycles. The maximum absolute atomic E-state index is 13.2. The summed E-state index contributed by atoms with van der Waals surface area (Å²) >= 11 is 1.84. The third kappa shape index (κ3) is 5.11. The maximum Gasteiger partial charge on any atom is 0.226 e. The van der Waals surface area contributed by atoms with Crippen LogP contribution in [0.5, 0.6) is 5.75 Å². The predicted molar refractivity (Wildman–Crippen MR) is 117 cm³/mol. The van der Waals surface area contributed by atoms with Crippen molar-refractivity contribution in [1.29, 1.82) is 0 Å². The van der Waals surface area contributed by atoms with Gasteiger partial charge in [0.1, 0.15) is 17.7 Å². The van der Waals surface area contributed by atoms with Crippen LogP contribution in [0.3, 0.4) is 0 Å². The fourth-order valence-corrected chi connectivity index (χ4v) is 4.98. The molecule has 0 spiro atoms. The van der Waals surface area contributed by atoms with Crippen LogP contribution >= 0.6 is 11.8 Å². The average Bonchev–Trinajstić information content (AvgIpc) is 3.23. The minimum absolute atomic E-state index is 0.0511. The molecule has 0 saturated carbocycles. The Morgan fingerprint density at radius 2 is 1.89 bits per heavy atom. The Balaban J connectivity index is 1.75. The first-order valence-electron chi connectivity index (χ1n) is 10.4. The van der Waals surface area contributed by atoms with E-state index in [0.717, 1.165) is 54.9 Å². The molecule has 1 aliphatic rings. The summed E-state index contributed by atoms with van der Waals surface area (Å²) in [7, 11) is 0. The van der Waals surface area contributed by atoms with E-state index in [2.05, 4.69) is 36.9 Å². The maximum atomic E-state index is 13.2. The van der Waals surface area contributed by atoms with Crippen molar-refractivity contribution in [1.82, 2.24) is 4.90 Å². The second-order valence-electron chi connectivity index (χ2n) is 7.31. The van der Waals surface area contributed by atoms with Crippen LogP contribution in [0.4, 0.5) is 0 Å². The lowest BCUT2D eigenvalue weighted by atomic mass is 9.97. The van der Waals surface area contributed by atoms with E-state index in [9.17, 15) is 4.79 Å². The molecule has 0 radical (unpaired) electrons. The number of unbranched alkanes of at least 4 members (excludes halogenated alkanes) is 1. The number of carbonyl (C=O) groups excluding carboxylic acids is 1. The molecule has 3 nitrogen and oxygen atoms in total. The lowest BCUT2D eigenvalue weighted by Gasteiger charge is -2.29. The molecule has 0 N–H and O–H groups in total. The molecule has 28 heavy (non-hydrogen) atoms. The number of hydrogen-bond acceptors (Lipinski definition) is 3. The summed E-state index contributed by atoms with van der Waals surface area (Å²) in [5.74, 6) is 2.31. The van der Waals surface area contributed by atoms with Crippen molar-refractivity contribution in [2.24, 2.45) is 5.92 Å². The summed E-state index contributed by atoms with van der Waals surface area (Å²) in [6.07, 6.45) is 4.16. The lowest BCUT2D eigenvalue weighted by molar-refractivity contribution is -0.136. The number of rotatable bonds is 9. The molecule has 150 valence electrons. The van der Waals surface area contributed by atoms with Gasteiger partial charge >= 0.3 is 0 Å². The van der Waals surface area contributed by atoms with E-state index in [1.165, 1.54) is 0 Å².